The number of amides is 2. The number of halogens is 5. The number of piperazine rings is 1. The molecule has 20 heteroatoms. The Bertz CT molecular complexity index is 2520. The Balaban J connectivity index is 1.08. The Morgan fingerprint density at radius 2 is 1.88 bits per heavy atom. The first kappa shape index (κ1) is 39.0. The average Bonchev–Trinajstić information content (AvgIpc) is 3.70. The molecule has 0 bridgehead atoms. The van der Waals surface area contributed by atoms with Crippen LogP contribution < -0.4 is 15.8 Å². The van der Waals surface area contributed by atoms with Gasteiger partial charge in [-0.15, -0.1) is 5.10 Å². The van der Waals surface area contributed by atoms with E-state index in [0.29, 0.717) is 36.8 Å². The van der Waals surface area contributed by atoms with E-state index in [0.717, 1.165) is 53.7 Å². The highest BCUT2D eigenvalue weighted by Gasteiger charge is 2.33. The van der Waals surface area contributed by atoms with Gasteiger partial charge in [-0.3, -0.25) is 19.1 Å². The van der Waals surface area contributed by atoms with Gasteiger partial charge in [0.05, 0.1) is 47.1 Å². The van der Waals surface area contributed by atoms with Crippen molar-refractivity contribution in [1.82, 2.24) is 38.8 Å². The molecule has 0 radical (unpaired) electrons. The number of benzene rings is 1. The molecule has 0 atom stereocenters. The minimum Gasteiger partial charge on any atom is -0.503 e. The van der Waals surface area contributed by atoms with Crippen LogP contribution in [0.25, 0.3) is 22.6 Å². The van der Waals surface area contributed by atoms with Crippen molar-refractivity contribution >= 4 is 46.1 Å². The summed E-state index contributed by atoms with van der Waals surface area (Å²) < 4.78 is 64.6. The van der Waals surface area contributed by atoms with Crippen LogP contribution in [0.3, 0.4) is 0 Å². The Kier molecular flexibility index (Phi) is 10.4. The fourth-order valence-electron chi connectivity index (χ4n) is 7.17. The lowest BCUT2D eigenvalue weighted by Crippen LogP contribution is -2.51. The third kappa shape index (κ3) is 7.75. The van der Waals surface area contributed by atoms with Gasteiger partial charge in [0.25, 0.3) is 11.5 Å². The molecule has 304 valence electrons. The number of fused-ring (bicyclic) bond motifs is 1. The maximum absolute atomic E-state index is 15.0. The van der Waals surface area contributed by atoms with Crippen molar-refractivity contribution in [2.75, 3.05) is 49.6 Å². The lowest BCUT2D eigenvalue weighted by molar-refractivity contribution is -0.137. The number of aromatic nitrogens is 7. The van der Waals surface area contributed by atoms with Crippen LogP contribution in [-0.4, -0.2) is 95.1 Å². The van der Waals surface area contributed by atoms with Crippen molar-refractivity contribution in [3.8, 4) is 17.0 Å². The predicted octanol–water partition coefficient (Wildman–Crippen LogP) is 5.04. The first-order valence-electron chi connectivity index (χ1n) is 18.7. The number of hydrogen-bond acceptors (Lipinski definition) is 10. The zero-order valence-electron chi connectivity index (χ0n) is 31.1. The van der Waals surface area contributed by atoms with Crippen molar-refractivity contribution < 1.29 is 37.0 Å². The zero-order chi connectivity index (χ0) is 40.9. The SMILES string of the molecule is CCc1c(N2CCN(C(=O)c3nc(-c4cnn(CC5CC5)c4)cc(F)c3O)CC2)c(=O)n2nc(C3=CCOCC3)nc2n1CC(=O)Nc1ccc(C(F)(F)F)cc1Cl. The average molecular weight is 825 g/mol. The topological polar surface area (TPSA) is 165 Å². The van der Waals surface area contributed by atoms with Crippen LogP contribution in [0.15, 0.2) is 47.5 Å². The number of carbonyl (C=O) groups excluding carboxylic acids is 2. The van der Waals surface area contributed by atoms with E-state index in [1.807, 2.05) is 0 Å². The van der Waals surface area contributed by atoms with Gasteiger partial charge in [-0.05, 0) is 55.4 Å². The lowest BCUT2D eigenvalue weighted by atomic mass is 10.1. The van der Waals surface area contributed by atoms with Crippen LogP contribution in [0, 0.1) is 11.7 Å². The summed E-state index contributed by atoms with van der Waals surface area (Å²) in [5.74, 6) is -2.35. The standard InChI is InChI=1S/C38H37ClF4N10O5/c1-2-29-32(49-9-11-50(12-10-49)35(56)31-33(55)26(40)16-28(46-31)23-17-44-51(19-23)18-21-3-4-21)36(57)53-37(47-34(48-53)22-7-13-58-14-8-22)52(29)20-30(54)45-27-6-5-24(15-25(27)39)38(41,42)43/h5-7,15-17,19,21,55H,2-4,8-14,18,20H2,1H3,(H,45,54). The summed E-state index contributed by atoms with van der Waals surface area (Å²) in [4.78, 5) is 53.9. The number of hydrogen-bond donors (Lipinski definition) is 2. The fraction of sp³-hybridized carbons (Fsp3) is 0.395. The molecular formula is C38H37ClF4N10O5. The molecule has 0 spiro atoms. The van der Waals surface area contributed by atoms with Gasteiger partial charge in [-0.25, -0.2) is 9.37 Å². The molecule has 8 rings (SSSR count). The first-order chi connectivity index (χ1) is 27.8. The van der Waals surface area contributed by atoms with Crippen LogP contribution >= 0.6 is 11.6 Å². The van der Waals surface area contributed by atoms with E-state index < -0.39 is 52.9 Å². The molecule has 1 saturated carbocycles. The van der Waals surface area contributed by atoms with E-state index in [2.05, 4.69) is 25.5 Å². The maximum Gasteiger partial charge on any atom is 0.416 e. The van der Waals surface area contributed by atoms with Crippen molar-refractivity contribution in [3.05, 3.63) is 86.7 Å². The molecule has 1 aliphatic carbocycles. The fourth-order valence-corrected chi connectivity index (χ4v) is 7.40. The molecular weight excluding hydrogens is 788 g/mol. The molecule has 58 heavy (non-hydrogen) atoms. The van der Waals surface area contributed by atoms with Crippen molar-refractivity contribution in [2.45, 2.75) is 51.9 Å². The number of carbonyl (C=O) groups is 2. The summed E-state index contributed by atoms with van der Waals surface area (Å²) in [5.41, 5.74) is 0.0330. The van der Waals surface area contributed by atoms with Crippen LogP contribution in [0.1, 0.15) is 53.8 Å². The number of nitrogens with zero attached hydrogens (tertiary/aromatic N) is 9. The van der Waals surface area contributed by atoms with E-state index in [9.17, 15) is 32.7 Å². The van der Waals surface area contributed by atoms with E-state index >= 15 is 4.39 Å². The molecule has 2 amide bonds. The molecule has 2 aliphatic heterocycles. The van der Waals surface area contributed by atoms with E-state index in [-0.39, 0.29) is 66.3 Å². The molecule has 5 aromatic rings. The third-order valence-corrected chi connectivity index (χ3v) is 10.7. The van der Waals surface area contributed by atoms with Gasteiger partial charge < -0.3 is 29.5 Å². The highest BCUT2D eigenvalue weighted by atomic mass is 35.5. The maximum atomic E-state index is 15.0. The second-order valence-electron chi connectivity index (χ2n) is 14.3. The third-order valence-electron chi connectivity index (χ3n) is 10.4. The summed E-state index contributed by atoms with van der Waals surface area (Å²) >= 11 is 6.14. The summed E-state index contributed by atoms with van der Waals surface area (Å²) in [5, 5.41) is 21.7. The summed E-state index contributed by atoms with van der Waals surface area (Å²) in [7, 11) is 0. The Morgan fingerprint density at radius 3 is 2.55 bits per heavy atom. The molecule has 6 heterocycles. The molecule has 2 fully saturated rings. The number of anilines is 2. The Hall–Kier alpha value is -5.82. The van der Waals surface area contributed by atoms with E-state index in [1.54, 1.807) is 28.8 Å². The van der Waals surface area contributed by atoms with Gasteiger partial charge in [0, 0.05) is 50.6 Å². The minimum atomic E-state index is -4.63. The summed E-state index contributed by atoms with van der Waals surface area (Å²) in [6.07, 6.45) is 3.41. The quantitative estimate of drug-likeness (QED) is 0.182. The number of alkyl halides is 3. The number of ether oxygens (including phenoxy) is 1. The number of pyridine rings is 1. The predicted molar refractivity (Wildman–Crippen MR) is 203 cm³/mol. The monoisotopic (exact) mass is 824 g/mol. The van der Waals surface area contributed by atoms with Gasteiger partial charge in [-0.1, -0.05) is 24.6 Å². The van der Waals surface area contributed by atoms with Gasteiger partial charge in [0.2, 0.25) is 11.7 Å². The second-order valence-corrected chi connectivity index (χ2v) is 14.7. The molecule has 15 nitrogen and oxygen atoms in total. The number of nitrogens with one attached hydrogen (secondary N) is 1. The van der Waals surface area contributed by atoms with Crippen LogP contribution in [-0.2, 0) is 35.2 Å². The first-order valence-corrected chi connectivity index (χ1v) is 19.1. The molecule has 4 aromatic heterocycles. The summed E-state index contributed by atoms with van der Waals surface area (Å²) in [6.45, 7) is 3.25. The summed E-state index contributed by atoms with van der Waals surface area (Å²) in [6, 6.07) is 3.65. The zero-order valence-corrected chi connectivity index (χ0v) is 31.9. The lowest BCUT2D eigenvalue weighted by Gasteiger charge is -2.36. The van der Waals surface area contributed by atoms with Crippen molar-refractivity contribution in [2.24, 2.45) is 5.92 Å². The van der Waals surface area contributed by atoms with Gasteiger partial charge in [0.1, 0.15) is 12.2 Å². The number of aromatic hydroxyl groups is 1. The molecule has 1 saturated heterocycles. The highest BCUT2D eigenvalue weighted by Crippen LogP contribution is 2.35. The van der Waals surface area contributed by atoms with Crippen LogP contribution in [0.2, 0.25) is 5.02 Å². The van der Waals surface area contributed by atoms with E-state index in [1.165, 1.54) is 15.7 Å². The Morgan fingerprint density at radius 1 is 1.10 bits per heavy atom. The molecule has 2 N–H and O–H groups in total. The van der Waals surface area contributed by atoms with E-state index in [4.69, 9.17) is 16.3 Å². The van der Waals surface area contributed by atoms with Crippen LogP contribution in [0.5, 0.6) is 5.75 Å². The highest BCUT2D eigenvalue weighted by molar-refractivity contribution is 6.33. The number of rotatable bonds is 10. The van der Waals surface area contributed by atoms with Gasteiger partial charge >= 0.3 is 6.18 Å². The Labute approximate surface area is 332 Å². The van der Waals surface area contributed by atoms with Crippen molar-refractivity contribution in [1.29, 1.82) is 0 Å². The molecule has 0 unspecified atom stereocenters. The van der Waals surface area contributed by atoms with Gasteiger partial charge in [-0.2, -0.15) is 27.8 Å². The molecule has 3 aliphatic rings. The second kappa shape index (κ2) is 15.5. The van der Waals surface area contributed by atoms with Crippen molar-refractivity contribution in [3.63, 3.8) is 0 Å². The minimum absolute atomic E-state index is 0.0418. The normalized spacial score (nSPS) is 16.2. The van der Waals surface area contributed by atoms with Gasteiger partial charge in [0.15, 0.2) is 23.1 Å². The largest absolute Gasteiger partial charge is 0.503 e. The smallest absolute Gasteiger partial charge is 0.416 e. The molecule has 1 aromatic carbocycles. The van der Waals surface area contributed by atoms with Crippen LogP contribution in [0.4, 0.5) is 28.9 Å².